The van der Waals surface area contributed by atoms with E-state index in [2.05, 4.69) is 14.7 Å². The van der Waals surface area contributed by atoms with Crippen molar-refractivity contribution in [1.82, 2.24) is 9.97 Å². The summed E-state index contributed by atoms with van der Waals surface area (Å²) in [7, 11) is -3.82. The molecule has 0 amide bonds. The third-order valence-electron chi connectivity index (χ3n) is 2.19. The Hall–Kier alpha value is -2.48. The first-order valence-corrected chi connectivity index (χ1v) is 6.59. The Morgan fingerprint density at radius 1 is 1.26 bits per heavy atom. The maximum Gasteiger partial charge on any atom is 0.335 e. The van der Waals surface area contributed by atoms with E-state index in [1.165, 1.54) is 36.8 Å². The summed E-state index contributed by atoms with van der Waals surface area (Å²) in [6.07, 6.45) is 3.84. The van der Waals surface area contributed by atoms with Gasteiger partial charge in [-0.05, 0) is 24.3 Å². The molecule has 7 nitrogen and oxygen atoms in total. The van der Waals surface area contributed by atoms with E-state index in [9.17, 15) is 13.2 Å². The molecule has 0 atom stereocenters. The number of sulfonamides is 1. The van der Waals surface area contributed by atoms with Gasteiger partial charge in [-0.1, -0.05) is 0 Å². The van der Waals surface area contributed by atoms with Crippen LogP contribution in [0, 0.1) is 0 Å². The number of carboxylic acids is 1. The standard InChI is InChI=1S/C11H9N3O4S/c15-11(16)8-3-5-13-10(6-8)14-19(17,18)9-2-1-4-12-7-9/h1-7H,(H,13,14)(H,15,16). The highest BCUT2D eigenvalue weighted by Gasteiger charge is 2.15. The first kappa shape index (κ1) is 13.0. The summed E-state index contributed by atoms with van der Waals surface area (Å²) in [5, 5.41) is 8.81. The molecule has 0 unspecified atom stereocenters. The summed E-state index contributed by atoms with van der Waals surface area (Å²) in [5.41, 5.74) is -0.0566. The van der Waals surface area contributed by atoms with Crippen molar-refractivity contribution in [2.45, 2.75) is 4.90 Å². The number of aromatic carboxylic acids is 1. The molecule has 2 aromatic rings. The van der Waals surface area contributed by atoms with Crippen molar-refractivity contribution in [3.63, 3.8) is 0 Å². The fourth-order valence-electron chi connectivity index (χ4n) is 1.32. The van der Waals surface area contributed by atoms with E-state index in [1.807, 2.05) is 0 Å². The van der Waals surface area contributed by atoms with Crippen LogP contribution in [0.2, 0.25) is 0 Å². The topological polar surface area (TPSA) is 109 Å². The van der Waals surface area contributed by atoms with Crippen molar-refractivity contribution in [3.8, 4) is 0 Å². The van der Waals surface area contributed by atoms with Crippen LogP contribution in [0.15, 0.2) is 47.8 Å². The minimum absolute atomic E-state index is 0.0301. The van der Waals surface area contributed by atoms with Gasteiger partial charge in [0.2, 0.25) is 0 Å². The zero-order chi connectivity index (χ0) is 13.9. The number of pyridine rings is 2. The van der Waals surface area contributed by atoms with Gasteiger partial charge in [0, 0.05) is 18.6 Å². The zero-order valence-electron chi connectivity index (χ0n) is 9.52. The molecule has 2 rings (SSSR count). The molecule has 0 aliphatic rings. The molecule has 8 heteroatoms. The normalized spacial score (nSPS) is 10.9. The van der Waals surface area contributed by atoms with Crippen LogP contribution in [0.3, 0.4) is 0 Å². The van der Waals surface area contributed by atoms with Crippen LogP contribution in [0.25, 0.3) is 0 Å². The van der Waals surface area contributed by atoms with Crippen molar-refractivity contribution in [2.24, 2.45) is 0 Å². The lowest BCUT2D eigenvalue weighted by molar-refractivity contribution is 0.0697. The molecular weight excluding hydrogens is 270 g/mol. The molecule has 0 aromatic carbocycles. The van der Waals surface area contributed by atoms with Crippen LogP contribution in [0.5, 0.6) is 0 Å². The fraction of sp³-hybridized carbons (Fsp3) is 0. The maximum absolute atomic E-state index is 11.9. The fourth-order valence-corrected chi connectivity index (χ4v) is 2.28. The molecule has 0 spiro atoms. The lowest BCUT2D eigenvalue weighted by Crippen LogP contribution is -2.14. The molecule has 0 aliphatic carbocycles. The lowest BCUT2D eigenvalue weighted by atomic mass is 10.3. The van der Waals surface area contributed by atoms with Gasteiger partial charge >= 0.3 is 5.97 Å². The predicted molar refractivity (Wildman–Crippen MR) is 66.2 cm³/mol. The van der Waals surface area contributed by atoms with Gasteiger partial charge in [0.15, 0.2) is 0 Å². The second-order valence-electron chi connectivity index (χ2n) is 3.53. The molecule has 2 N–H and O–H groups in total. The number of anilines is 1. The number of nitrogens with one attached hydrogen (secondary N) is 1. The predicted octanol–water partition coefficient (Wildman–Crippen LogP) is 0.976. The van der Waals surface area contributed by atoms with Gasteiger partial charge in [-0.3, -0.25) is 9.71 Å². The lowest BCUT2D eigenvalue weighted by Gasteiger charge is -2.07. The highest BCUT2D eigenvalue weighted by atomic mass is 32.2. The number of hydrogen-bond donors (Lipinski definition) is 2. The molecule has 0 bridgehead atoms. The molecule has 0 saturated heterocycles. The Balaban J connectivity index is 2.31. The molecule has 0 radical (unpaired) electrons. The molecule has 0 saturated carbocycles. The van der Waals surface area contributed by atoms with E-state index in [4.69, 9.17) is 5.11 Å². The summed E-state index contributed by atoms with van der Waals surface area (Å²) in [6, 6.07) is 5.26. The average molecular weight is 279 g/mol. The number of carboxylic acid groups (broad SMARTS) is 1. The Bertz CT molecular complexity index is 701. The van der Waals surface area contributed by atoms with Gasteiger partial charge in [0.25, 0.3) is 10.0 Å². The monoisotopic (exact) mass is 279 g/mol. The van der Waals surface area contributed by atoms with Crippen molar-refractivity contribution in [1.29, 1.82) is 0 Å². The van der Waals surface area contributed by atoms with E-state index < -0.39 is 16.0 Å². The average Bonchev–Trinajstić information content (AvgIpc) is 2.39. The Labute approximate surface area is 109 Å². The quantitative estimate of drug-likeness (QED) is 0.863. The van der Waals surface area contributed by atoms with Crippen molar-refractivity contribution in [3.05, 3.63) is 48.4 Å². The highest BCUT2D eigenvalue weighted by Crippen LogP contribution is 2.14. The number of nitrogens with zero attached hydrogens (tertiary/aromatic N) is 2. The van der Waals surface area contributed by atoms with E-state index >= 15 is 0 Å². The molecular formula is C11H9N3O4S. The summed E-state index contributed by atoms with van der Waals surface area (Å²) < 4.78 is 26.1. The van der Waals surface area contributed by atoms with E-state index in [1.54, 1.807) is 0 Å². The number of hydrogen-bond acceptors (Lipinski definition) is 5. The Morgan fingerprint density at radius 3 is 2.68 bits per heavy atom. The summed E-state index contributed by atoms with van der Waals surface area (Å²) >= 11 is 0. The second-order valence-corrected chi connectivity index (χ2v) is 5.21. The second kappa shape index (κ2) is 5.02. The molecule has 98 valence electrons. The Kier molecular flexibility index (Phi) is 3.43. The van der Waals surface area contributed by atoms with Crippen LogP contribution in [-0.4, -0.2) is 29.5 Å². The van der Waals surface area contributed by atoms with Gasteiger partial charge in [-0.2, -0.15) is 0 Å². The van der Waals surface area contributed by atoms with Gasteiger partial charge in [-0.25, -0.2) is 18.2 Å². The SMILES string of the molecule is O=C(O)c1ccnc(NS(=O)(=O)c2cccnc2)c1. The van der Waals surface area contributed by atoms with E-state index in [-0.39, 0.29) is 16.3 Å². The van der Waals surface area contributed by atoms with Crippen LogP contribution in [0.1, 0.15) is 10.4 Å². The van der Waals surface area contributed by atoms with Crippen molar-refractivity contribution in [2.75, 3.05) is 4.72 Å². The van der Waals surface area contributed by atoms with Gasteiger partial charge in [0.1, 0.15) is 10.7 Å². The summed E-state index contributed by atoms with van der Waals surface area (Å²) in [5.74, 6) is -1.23. The largest absolute Gasteiger partial charge is 0.478 e. The maximum atomic E-state index is 11.9. The number of carbonyl (C=O) groups is 1. The van der Waals surface area contributed by atoms with Crippen LogP contribution in [-0.2, 0) is 10.0 Å². The van der Waals surface area contributed by atoms with Gasteiger partial charge < -0.3 is 5.11 Å². The van der Waals surface area contributed by atoms with E-state index in [0.717, 1.165) is 6.07 Å². The van der Waals surface area contributed by atoms with Gasteiger partial charge in [-0.15, -0.1) is 0 Å². The molecule has 0 fully saturated rings. The smallest absolute Gasteiger partial charge is 0.335 e. The summed E-state index contributed by atoms with van der Waals surface area (Å²) in [6.45, 7) is 0. The minimum atomic E-state index is -3.82. The van der Waals surface area contributed by atoms with Gasteiger partial charge in [0.05, 0.1) is 5.56 Å². The summed E-state index contributed by atoms with van der Waals surface area (Å²) in [4.78, 5) is 18.2. The number of rotatable bonds is 4. The Morgan fingerprint density at radius 2 is 2.05 bits per heavy atom. The molecule has 2 aromatic heterocycles. The first-order valence-electron chi connectivity index (χ1n) is 5.11. The van der Waals surface area contributed by atoms with Crippen LogP contribution in [0.4, 0.5) is 5.82 Å². The minimum Gasteiger partial charge on any atom is -0.478 e. The number of aromatic nitrogens is 2. The van der Waals surface area contributed by atoms with Crippen LogP contribution >= 0.6 is 0 Å². The highest BCUT2D eigenvalue weighted by molar-refractivity contribution is 7.92. The molecule has 0 aliphatic heterocycles. The first-order chi connectivity index (χ1) is 8.99. The third kappa shape index (κ3) is 3.05. The molecule has 2 heterocycles. The zero-order valence-corrected chi connectivity index (χ0v) is 10.3. The molecule has 19 heavy (non-hydrogen) atoms. The van der Waals surface area contributed by atoms with E-state index in [0.29, 0.717) is 0 Å². The van der Waals surface area contributed by atoms with Crippen molar-refractivity contribution < 1.29 is 18.3 Å². The van der Waals surface area contributed by atoms with Crippen molar-refractivity contribution >= 4 is 21.8 Å². The van der Waals surface area contributed by atoms with Crippen LogP contribution < -0.4 is 4.72 Å². The third-order valence-corrected chi connectivity index (χ3v) is 3.53.